The van der Waals surface area contributed by atoms with Crippen molar-refractivity contribution in [2.24, 2.45) is 17.3 Å². The Hall–Kier alpha value is -0.0400. The molecule has 1 rings (SSSR count). The summed E-state index contributed by atoms with van der Waals surface area (Å²) in [6.45, 7) is 13.0. The molecule has 1 N–H and O–H groups in total. The average Bonchev–Trinajstić information content (AvgIpc) is 2.72. The van der Waals surface area contributed by atoms with Gasteiger partial charge in [-0.3, -0.25) is 0 Å². The summed E-state index contributed by atoms with van der Waals surface area (Å²) in [6.07, 6.45) is 9.85. The van der Waals surface area contributed by atoms with Gasteiger partial charge >= 0.3 is 0 Å². The zero-order valence-electron chi connectivity index (χ0n) is 13.4. The van der Waals surface area contributed by atoms with Gasteiger partial charge in [0.25, 0.3) is 0 Å². The van der Waals surface area contributed by atoms with Crippen LogP contribution in [0.5, 0.6) is 0 Å². The van der Waals surface area contributed by atoms with E-state index in [1.165, 1.54) is 51.5 Å². The summed E-state index contributed by atoms with van der Waals surface area (Å²) < 4.78 is 0. The first kappa shape index (κ1) is 16.0. The fraction of sp³-hybridized carbons (Fsp3) is 1.00. The summed E-state index contributed by atoms with van der Waals surface area (Å²) >= 11 is 0. The van der Waals surface area contributed by atoms with E-state index >= 15 is 0 Å². The number of rotatable bonds is 8. The Kier molecular flexibility index (Phi) is 6.70. The molecule has 0 spiro atoms. The summed E-state index contributed by atoms with van der Waals surface area (Å²) in [5.41, 5.74) is 0.605. The molecule has 0 bridgehead atoms. The van der Waals surface area contributed by atoms with Gasteiger partial charge in [0, 0.05) is 6.04 Å². The second-order valence-electron chi connectivity index (χ2n) is 7.30. The van der Waals surface area contributed by atoms with Gasteiger partial charge in [0.05, 0.1) is 0 Å². The van der Waals surface area contributed by atoms with Crippen molar-refractivity contribution in [2.75, 3.05) is 6.54 Å². The first-order chi connectivity index (χ1) is 8.50. The lowest BCUT2D eigenvalue weighted by Gasteiger charge is -2.41. The van der Waals surface area contributed by atoms with Crippen molar-refractivity contribution in [2.45, 2.75) is 85.6 Å². The molecule has 1 atom stereocenters. The molecule has 0 amide bonds. The molecule has 0 aromatic rings. The van der Waals surface area contributed by atoms with Gasteiger partial charge in [-0.1, -0.05) is 47.5 Å². The van der Waals surface area contributed by atoms with Gasteiger partial charge in [0.1, 0.15) is 0 Å². The van der Waals surface area contributed by atoms with Gasteiger partial charge < -0.3 is 5.32 Å². The maximum atomic E-state index is 3.89. The SMILES string of the molecule is CCCNC(CC(C)C)C1(CC(C)C)CCCC1. The van der Waals surface area contributed by atoms with Crippen LogP contribution in [0.25, 0.3) is 0 Å². The number of hydrogen-bond acceptors (Lipinski definition) is 1. The third kappa shape index (κ3) is 4.57. The minimum Gasteiger partial charge on any atom is -0.313 e. The van der Waals surface area contributed by atoms with E-state index in [0.29, 0.717) is 5.41 Å². The van der Waals surface area contributed by atoms with E-state index in [2.05, 4.69) is 39.9 Å². The van der Waals surface area contributed by atoms with Crippen LogP contribution < -0.4 is 5.32 Å². The van der Waals surface area contributed by atoms with Crippen molar-refractivity contribution < 1.29 is 0 Å². The van der Waals surface area contributed by atoms with Gasteiger partial charge in [-0.15, -0.1) is 0 Å². The monoisotopic (exact) mass is 253 g/mol. The van der Waals surface area contributed by atoms with E-state index in [0.717, 1.165) is 17.9 Å². The Morgan fingerprint density at radius 2 is 1.61 bits per heavy atom. The molecule has 1 aliphatic carbocycles. The van der Waals surface area contributed by atoms with Gasteiger partial charge in [0.15, 0.2) is 0 Å². The smallest absolute Gasteiger partial charge is 0.0126 e. The molecular formula is C17H35N. The molecule has 0 aromatic carbocycles. The Labute approximate surface area is 115 Å². The highest BCUT2D eigenvalue weighted by Gasteiger charge is 2.41. The summed E-state index contributed by atoms with van der Waals surface area (Å²) in [7, 11) is 0. The van der Waals surface area contributed by atoms with Crippen LogP contribution in [-0.2, 0) is 0 Å². The first-order valence-electron chi connectivity index (χ1n) is 8.23. The lowest BCUT2D eigenvalue weighted by atomic mass is 9.70. The predicted octanol–water partition coefficient (Wildman–Crippen LogP) is 5.01. The zero-order chi connectivity index (χ0) is 13.6. The Morgan fingerprint density at radius 3 is 2.06 bits per heavy atom. The van der Waals surface area contributed by atoms with Crippen LogP contribution >= 0.6 is 0 Å². The minimum absolute atomic E-state index is 0.605. The van der Waals surface area contributed by atoms with Crippen molar-refractivity contribution in [3.05, 3.63) is 0 Å². The van der Waals surface area contributed by atoms with Crippen molar-refractivity contribution >= 4 is 0 Å². The summed E-state index contributed by atoms with van der Waals surface area (Å²) in [6, 6.07) is 0.752. The van der Waals surface area contributed by atoms with Crippen LogP contribution in [0.15, 0.2) is 0 Å². The molecule has 1 heteroatoms. The third-order valence-corrected chi connectivity index (χ3v) is 4.50. The maximum Gasteiger partial charge on any atom is 0.0126 e. The molecule has 0 saturated heterocycles. The van der Waals surface area contributed by atoms with Gasteiger partial charge in [-0.2, -0.15) is 0 Å². The summed E-state index contributed by atoms with van der Waals surface area (Å²) in [5, 5.41) is 3.89. The maximum absolute atomic E-state index is 3.89. The molecule has 1 nitrogen and oxygen atoms in total. The Bertz CT molecular complexity index is 214. The zero-order valence-corrected chi connectivity index (χ0v) is 13.4. The van der Waals surface area contributed by atoms with E-state index in [4.69, 9.17) is 0 Å². The molecule has 0 radical (unpaired) electrons. The third-order valence-electron chi connectivity index (χ3n) is 4.50. The average molecular weight is 253 g/mol. The van der Waals surface area contributed by atoms with Crippen molar-refractivity contribution in [1.82, 2.24) is 5.32 Å². The molecule has 0 heterocycles. The predicted molar refractivity (Wildman–Crippen MR) is 81.9 cm³/mol. The second-order valence-corrected chi connectivity index (χ2v) is 7.30. The van der Waals surface area contributed by atoms with E-state index in [9.17, 15) is 0 Å². The highest BCUT2D eigenvalue weighted by Crippen LogP contribution is 2.47. The topological polar surface area (TPSA) is 12.0 Å². The fourth-order valence-corrected chi connectivity index (χ4v) is 3.93. The molecule has 1 aliphatic rings. The van der Waals surface area contributed by atoms with Gasteiger partial charge in [0.2, 0.25) is 0 Å². The van der Waals surface area contributed by atoms with Crippen LogP contribution in [0.4, 0.5) is 0 Å². The normalized spacial score (nSPS) is 20.8. The molecule has 1 unspecified atom stereocenters. The lowest BCUT2D eigenvalue weighted by molar-refractivity contribution is 0.137. The van der Waals surface area contributed by atoms with Crippen LogP contribution in [0.1, 0.15) is 79.6 Å². The molecule has 0 aliphatic heterocycles. The standard InChI is InChI=1S/C17H35N/c1-6-11-18-16(12-14(2)3)17(13-15(4)5)9-7-8-10-17/h14-16,18H,6-13H2,1-5H3. The van der Waals surface area contributed by atoms with Crippen LogP contribution in [0, 0.1) is 17.3 Å². The van der Waals surface area contributed by atoms with E-state index in [-0.39, 0.29) is 0 Å². The van der Waals surface area contributed by atoms with Gasteiger partial charge in [-0.05, 0) is 55.9 Å². The molecule has 18 heavy (non-hydrogen) atoms. The molecule has 108 valence electrons. The Balaban J connectivity index is 2.75. The molecule has 1 saturated carbocycles. The highest BCUT2D eigenvalue weighted by molar-refractivity contribution is 4.95. The lowest BCUT2D eigenvalue weighted by Crippen LogP contribution is -2.45. The molecule has 0 aromatic heterocycles. The fourth-order valence-electron chi connectivity index (χ4n) is 3.93. The second kappa shape index (κ2) is 7.53. The van der Waals surface area contributed by atoms with Crippen molar-refractivity contribution in [3.63, 3.8) is 0 Å². The van der Waals surface area contributed by atoms with E-state index < -0.39 is 0 Å². The number of hydrogen-bond donors (Lipinski definition) is 1. The quantitative estimate of drug-likeness (QED) is 0.641. The van der Waals surface area contributed by atoms with Crippen LogP contribution in [0.3, 0.4) is 0 Å². The first-order valence-corrected chi connectivity index (χ1v) is 8.23. The minimum atomic E-state index is 0.605. The van der Waals surface area contributed by atoms with Crippen molar-refractivity contribution in [1.29, 1.82) is 0 Å². The molecular weight excluding hydrogens is 218 g/mol. The van der Waals surface area contributed by atoms with E-state index in [1.807, 2.05) is 0 Å². The largest absolute Gasteiger partial charge is 0.313 e. The summed E-state index contributed by atoms with van der Waals surface area (Å²) in [5.74, 6) is 1.64. The Morgan fingerprint density at radius 1 is 1.00 bits per heavy atom. The van der Waals surface area contributed by atoms with E-state index in [1.54, 1.807) is 0 Å². The van der Waals surface area contributed by atoms with Gasteiger partial charge in [-0.25, -0.2) is 0 Å². The highest BCUT2D eigenvalue weighted by atomic mass is 14.9. The number of nitrogens with one attached hydrogen (secondary N) is 1. The molecule has 1 fully saturated rings. The summed E-state index contributed by atoms with van der Waals surface area (Å²) in [4.78, 5) is 0. The van der Waals surface area contributed by atoms with Crippen LogP contribution in [0.2, 0.25) is 0 Å². The van der Waals surface area contributed by atoms with Crippen LogP contribution in [-0.4, -0.2) is 12.6 Å². The van der Waals surface area contributed by atoms with Crippen molar-refractivity contribution in [3.8, 4) is 0 Å².